The maximum absolute atomic E-state index is 13.4. The summed E-state index contributed by atoms with van der Waals surface area (Å²) >= 11 is 0. The molecule has 2 aromatic heterocycles. The maximum Gasteiger partial charge on any atom is 0.251 e. The van der Waals surface area contributed by atoms with Crippen LogP contribution in [-0.4, -0.2) is 15.5 Å². The maximum atomic E-state index is 13.4. The first kappa shape index (κ1) is 22.8. The van der Waals surface area contributed by atoms with Gasteiger partial charge in [0, 0.05) is 60.5 Å². The molecule has 0 bridgehead atoms. The van der Waals surface area contributed by atoms with Crippen molar-refractivity contribution in [2.75, 3.05) is 0 Å². The van der Waals surface area contributed by atoms with Gasteiger partial charge in [-0.15, -0.1) is 0 Å². The van der Waals surface area contributed by atoms with E-state index in [-0.39, 0.29) is 12.5 Å². The zero-order valence-electron chi connectivity index (χ0n) is 19.3. The van der Waals surface area contributed by atoms with Gasteiger partial charge >= 0.3 is 0 Å². The second-order valence-electron chi connectivity index (χ2n) is 8.91. The highest BCUT2D eigenvalue weighted by Crippen LogP contribution is 2.32. The predicted octanol–water partition coefficient (Wildman–Crippen LogP) is 6.27. The molecule has 5 rings (SSSR count). The van der Waals surface area contributed by atoms with Crippen LogP contribution in [0.5, 0.6) is 11.5 Å². The van der Waals surface area contributed by atoms with Gasteiger partial charge in [0.25, 0.3) is 5.91 Å². The molecular formula is C28H25F2N3O2. The standard InChI is InChI=1S/C28H25F2N3O2/c1-18-25(28(34)32-15-20-11-22(29)13-23(30)12-20)3-2-4-27(18)35-24-7-9-31-26(14-24)21-8-10-33(17-21)16-19-5-6-19/h2-4,7-14,17,19H,5-6,15-16H2,1H3,(H,32,34). The minimum Gasteiger partial charge on any atom is -0.457 e. The highest BCUT2D eigenvalue weighted by atomic mass is 19.1. The van der Waals surface area contributed by atoms with Crippen LogP contribution in [0.1, 0.15) is 34.3 Å². The topological polar surface area (TPSA) is 56.2 Å². The van der Waals surface area contributed by atoms with Gasteiger partial charge in [-0.1, -0.05) is 6.07 Å². The third-order valence-electron chi connectivity index (χ3n) is 6.08. The van der Waals surface area contributed by atoms with Crippen molar-refractivity contribution in [3.8, 4) is 22.8 Å². The van der Waals surface area contributed by atoms with E-state index in [4.69, 9.17) is 4.74 Å². The first-order valence-corrected chi connectivity index (χ1v) is 11.6. The molecule has 2 aromatic carbocycles. The first-order valence-electron chi connectivity index (χ1n) is 11.6. The van der Waals surface area contributed by atoms with Crippen molar-refractivity contribution in [1.82, 2.24) is 14.9 Å². The summed E-state index contributed by atoms with van der Waals surface area (Å²) in [5.41, 5.74) is 3.26. The zero-order valence-corrected chi connectivity index (χ0v) is 19.3. The number of amides is 1. The van der Waals surface area contributed by atoms with Crippen molar-refractivity contribution in [2.45, 2.75) is 32.9 Å². The summed E-state index contributed by atoms with van der Waals surface area (Å²) in [6.07, 6.45) is 8.48. The Bertz CT molecular complexity index is 1360. The van der Waals surface area contributed by atoms with E-state index in [1.807, 2.05) is 6.07 Å². The Balaban J connectivity index is 1.29. The summed E-state index contributed by atoms with van der Waals surface area (Å²) in [7, 11) is 0. The lowest BCUT2D eigenvalue weighted by Crippen LogP contribution is -2.23. The van der Waals surface area contributed by atoms with Crippen LogP contribution < -0.4 is 10.1 Å². The number of nitrogens with one attached hydrogen (secondary N) is 1. The molecule has 1 aliphatic rings. The number of ether oxygens (including phenoxy) is 1. The second-order valence-corrected chi connectivity index (χ2v) is 8.91. The molecule has 5 nitrogen and oxygen atoms in total. The largest absolute Gasteiger partial charge is 0.457 e. The number of hydrogen-bond acceptors (Lipinski definition) is 3. The molecule has 178 valence electrons. The summed E-state index contributed by atoms with van der Waals surface area (Å²) < 4.78 is 35.1. The molecule has 7 heteroatoms. The van der Waals surface area contributed by atoms with Gasteiger partial charge in [-0.3, -0.25) is 9.78 Å². The molecule has 1 aliphatic carbocycles. The van der Waals surface area contributed by atoms with Crippen LogP contribution in [-0.2, 0) is 13.1 Å². The highest BCUT2D eigenvalue weighted by Gasteiger charge is 2.21. The zero-order chi connectivity index (χ0) is 24.4. The van der Waals surface area contributed by atoms with Crippen LogP contribution in [0.4, 0.5) is 8.78 Å². The van der Waals surface area contributed by atoms with Gasteiger partial charge in [-0.2, -0.15) is 0 Å². The van der Waals surface area contributed by atoms with Crippen molar-refractivity contribution in [1.29, 1.82) is 0 Å². The lowest BCUT2D eigenvalue weighted by Gasteiger charge is -2.13. The molecule has 0 unspecified atom stereocenters. The summed E-state index contributed by atoms with van der Waals surface area (Å²) in [6.45, 7) is 2.84. The minimum atomic E-state index is -0.683. The number of pyridine rings is 1. The molecule has 0 radical (unpaired) electrons. The van der Waals surface area contributed by atoms with Gasteiger partial charge in [0.05, 0.1) is 5.69 Å². The molecule has 0 atom stereocenters. The molecule has 0 spiro atoms. The Hall–Kier alpha value is -4.00. The average Bonchev–Trinajstić information content (AvgIpc) is 3.52. The predicted molar refractivity (Wildman–Crippen MR) is 129 cm³/mol. The summed E-state index contributed by atoms with van der Waals surface area (Å²) in [5.74, 6) is 0.221. The van der Waals surface area contributed by atoms with E-state index >= 15 is 0 Å². The molecule has 1 saturated carbocycles. The number of hydrogen-bond donors (Lipinski definition) is 1. The lowest BCUT2D eigenvalue weighted by atomic mass is 10.1. The number of halogens is 2. The summed E-state index contributed by atoms with van der Waals surface area (Å²) in [5, 5.41) is 2.71. The molecule has 35 heavy (non-hydrogen) atoms. The van der Waals surface area contributed by atoms with E-state index in [1.54, 1.807) is 37.4 Å². The fourth-order valence-electron chi connectivity index (χ4n) is 4.03. The van der Waals surface area contributed by atoms with Gasteiger partial charge < -0.3 is 14.6 Å². The number of carbonyl (C=O) groups excluding carboxylic acids is 1. The van der Waals surface area contributed by atoms with Crippen LogP contribution in [0.15, 0.2) is 73.2 Å². The Morgan fingerprint density at radius 1 is 1.11 bits per heavy atom. The van der Waals surface area contributed by atoms with Gasteiger partial charge in [-0.25, -0.2) is 8.78 Å². The second kappa shape index (κ2) is 9.70. The Kier molecular flexibility index (Phi) is 6.31. The molecule has 1 N–H and O–H groups in total. The highest BCUT2D eigenvalue weighted by molar-refractivity contribution is 5.96. The monoisotopic (exact) mass is 473 g/mol. The number of nitrogens with zero attached hydrogens (tertiary/aromatic N) is 2. The van der Waals surface area contributed by atoms with E-state index in [1.165, 1.54) is 25.0 Å². The smallest absolute Gasteiger partial charge is 0.251 e. The minimum absolute atomic E-state index is 0.00610. The van der Waals surface area contributed by atoms with E-state index in [9.17, 15) is 13.6 Å². The fourth-order valence-corrected chi connectivity index (χ4v) is 4.03. The molecular weight excluding hydrogens is 448 g/mol. The quantitative estimate of drug-likeness (QED) is 0.328. The fraction of sp³-hybridized carbons (Fsp3) is 0.214. The van der Waals surface area contributed by atoms with Gasteiger partial charge in [-0.05, 0) is 67.6 Å². The molecule has 0 aliphatic heterocycles. The third kappa shape index (κ3) is 5.57. The van der Waals surface area contributed by atoms with Crippen molar-refractivity contribution < 1.29 is 18.3 Å². The van der Waals surface area contributed by atoms with Crippen molar-refractivity contribution in [3.63, 3.8) is 0 Å². The van der Waals surface area contributed by atoms with E-state index in [2.05, 4.69) is 33.3 Å². The summed E-state index contributed by atoms with van der Waals surface area (Å²) in [4.78, 5) is 17.3. The number of carbonyl (C=O) groups is 1. The van der Waals surface area contributed by atoms with Crippen molar-refractivity contribution in [2.24, 2.45) is 5.92 Å². The first-order chi connectivity index (χ1) is 16.9. The normalized spacial score (nSPS) is 13.0. The van der Waals surface area contributed by atoms with Crippen LogP contribution in [0.25, 0.3) is 11.3 Å². The SMILES string of the molecule is Cc1c(Oc2ccnc(-c3ccn(CC4CC4)c3)c2)cccc1C(=O)NCc1cc(F)cc(F)c1. The van der Waals surface area contributed by atoms with Crippen molar-refractivity contribution >= 4 is 5.91 Å². The summed E-state index contributed by atoms with van der Waals surface area (Å²) in [6, 6.07) is 14.1. The Labute approximate surface area is 202 Å². The number of benzene rings is 2. The molecule has 1 fully saturated rings. The van der Waals surface area contributed by atoms with E-state index in [0.29, 0.717) is 28.2 Å². The number of aromatic nitrogens is 2. The lowest BCUT2D eigenvalue weighted by molar-refractivity contribution is 0.0950. The third-order valence-corrected chi connectivity index (χ3v) is 6.08. The molecule has 2 heterocycles. The van der Waals surface area contributed by atoms with Crippen LogP contribution >= 0.6 is 0 Å². The van der Waals surface area contributed by atoms with Crippen LogP contribution in [0.3, 0.4) is 0 Å². The Morgan fingerprint density at radius 2 is 1.91 bits per heavy atom. The van der Waals surface area contributed by atoms with Gasteiger partial charge in [0.2, 0.25) is 0 Å². The molecule has 1 amide bonds. The van der Waals surface area contributed by atoms with E-state index in [0.717, 1.165) is 29.8 Å². The molecule has 0 saturated heterocycles. The van der Waals surface area contributed by atoms with Crippen LogP contribution in [0, 0.1) is 24.5 Å². The number of rotatable bonds is 8. The van der Waals surface area contributed by atoms with Crippen molar-refractivity contribution in [3.05, 3.63) is 102 Å². The van der Waals surface area contributed by atoms with Gasteiger partial charge in [0.1, 0.15) is 23.1 Å². The Morgan fingerprint density at radius 3 is 2.69 bits per heavy atom. The average molecular weight is 474 g/mol. The molecule has 4 aromatic rings. The van der Waals surface area contributed by atoms with Crippen LogP contribution in [0.2, 0.25) is 0 Å². The van der Waals surface area contributed by atoms with E-state index < -0.39 is 11.6 Å². The van der Waals surface area contributed by atoms with Gasteiger partial charge in [0.15, 0.2) is 0 Å².